The highest BCUT2D eigenvalue weighted by Crippen LogP contribution is 2.38. The Bertz CT molecular complexity index is 668. The van der Waals surface area contributed by atoms with Crippen molar-refractivity contribution in [2.24, 2.45) is 0 Å². The fourth-order valence-corrected chi connectivity index (χ4v) is 3.15. The maximum Gasteiger partial charge on any atom is 0.287 e. The lowest BCUT2D eigenvalue weighted by molar-refractivity contribution is -0.0920. The number of ether oxygens (including phenoxy) is 1. The van der Waals surface area contributed by atoms with Gasteiger partial charge < -0.3 is 14.5 Å². The van der Waals surface area contributed by atoms with E-state index in [0.717, 1.165) is 35.8 Å². The van der Waals surface area contributed by atoms with Crippen LogP contribution in [0.15, 0.2) is 22.6 Å². The van der Waals surface area contributed by atoms with Crippen molar-refractivity contribution in [3.05, 3.63) is 35.1 Å². The molecule has 0 spiro atoms. The minimum Gasteiger partial charge on any atom is -0.451 e. The van der Waals surface area contributed by atoms with Crippen LogP contribution < -0.4 is 5.32 Å². The molecule has 3 rings (SSSR count). The molecule has 1 fully saturated rings. The lowest BCUT2D eigenvalue weighted by Crippen LogP contribution is -2.56. The summed E-state index contributed by atoms with van der Waals surface area (Å²) in [6, 6.07) is 5.81. The third-order valence-electron chi connectivity index (χ3n) is 5.10. The molecule has 2 aromatic rings. The summed E-state index contributed by atoms with van der Waals surface area (Å²) >= 11 is 0. The van der Waals surface area contributed by atoms with E-state index in [0.29, 0.717) is 5.76 Å². The van der Waals surface area contributed by atoms with Gasteiger partial charge in [-0.3, -0.25) is 4.79 Å². The van der Waals surface area contributed by atoms with E-state index in [9.17, 15) is 4.79 Å². The maximum absolute atomic E-state index is 12.4. The molecule has 1 amide bonds. The van der Waals surface area contributed by atoms with Crippen LogP contribution >= 0.6 is 0 Å². The van der Waals surface area contributed by atoms with Gasteiger partial charge >= 0.3 is 0 Å². The average Bonchev–Trinajstić information content (AvgIpc) is 2.81. The Balaban J connectivity index is 1.80. The largest absolute Gasteiger partial charge is 0.451 e. The molecule has 4 nitrogen and oxygen atoms in total. The fourth-order valence-electron chi connectivity index (χ4n) is 3.15. The summed E-state index contributed by atoms with van der Waals surface area (Å²) in [4.78, 5) is 12.4. The van der Waals surface area contributed by atoms with Crippen LogP contribution in [0.1, 0.15) is 47.9 Å². The number of benzene rings is 1. The Kier molecular flexibility index (Phi) is 3.73. The maximum atomic E-state index is 12.4. The normalized spacial score (nSPS) is 18.0. The molecule has 22 heavy (non-hydrogen) atoms. The van der Waals surface area contributed by atoms with Crippen molar-refractivity contribution in [1.82, 2.24) is 5.32 Å². The molecule has 4 heteroatoms. The number of hydrogen-bond acceptors (Lipinski definition) is 3. The standard InChI is InChI=1S/C18H23NO3/c1-11-8-14-10-16(22-15(14)9-12(11)2)17(20)19-13(3)18(21-4)6-5-7-18/h8-10,13H,5-7H2,1-4H3,(H,19,20). The molecule has 1 heterocycles. The van der Waals surface area contributed by atoms with Gasteiger partial charge in [0, 0.05) is 12.5 Å². The van der Waals surface area contributed by atoms with E-state index in [1.165, 1.54) is 5.56 Å². The minimum atomic E-state index is -0.213. The van der Waals surface area contributed by atoms with Crippen LogP contribution in [0, 0.1) is 13.8 Å². The Morgan fingerprint density at radius 3 is 2.55 bits per heavy atom. The van der Waals surface area contributed by atoms with Gasteiger partial charge in [0.2, 0.25) is 0 Å². The number of hydrogen-bond donors (Lipinski definition) is 1. The molecule has 0 bridgehead atoms. The summed E-state index contributed by atoms with van der Waals surface area (Å²) in [6.07, 6.45) is 3.13. The van der Waals surface area contributed by atoms with Gasteiger partial charge in [0.1, 0.15) is 5.58 Å². The molecule has 1 saturated carbocycles. The Morgan fingerprint density at radius 1 is 1.27 bits per heavy atom. The smallest absolute Gasteiger partial charge is 0.287 e. The highest BCUT2D eigenvalue weighted by molar-refractivity contribution is 5.96. The second kappa shape index (κ2) is 5.43. The van der Waals surface area contributed by atoms with E-state index in [1.54, 1.807) is 7.11 Å². The van der Waals surface area contributed by atoms with Gasteiger partial charge in [-0.1, -0.05) is 0 Å². The van der Waals surface area contributed by atoms with E-state index >= 15 is 0 Å². The van der Waals surface area contributed by atoms with Gasteiger partial charge in [-0.2, -0.15) is 0 Å². The molecule has 1 N–H and O–H groups in total. The lowest BCUT2D eigenvalue weighted by atomic mass is 9.75. The van der Waals surface area contributed by atoms with E-state index in [-0.39, 0.29) is 17.6 Å². The summed E-state index contributed by atoms with van der Waals surface area (Å²) in [5.74, 6) is 0.180. The van der Waals surface area contributed by atoms with Crippen molar-refractivity contribution < 1.29 is 13.9 Å². The van der Waals surface area contributed by atoms with Crippen LogP contribution in [0.4, 0.5) is 0 Å². The van der Waals surface area contributed by atoms with E-state index in [2.05, 4.69) is 18.3 Å². The number of nitrogens with one attached hydrogen (secondary N) is 1. The summed E-state index contributed by atoms with van der Waals surface area (Å²) in [5.41, 5.74) is 2.90. The molecule has 0 aliphatic heterocycles. The zero-order chi connectivity index (χ0) is 15.9. The first kappa shape index (κ1) is 15.1. The molecular formula is C18H23NO3. The van der Waals surface area contributed by atoms with Crippen LogP contribution in [0.2, 0.25) is 0 Å². The predicted octanol–water partition coefficient (Wildman–Crippen LogP) is 3.74. The molecule has 1 aliphatic carbocycles. The van der Waals surface area contributed by atoms with Crippen LogP contribution in [0.25, 0.3) is 11.0 Å². The number of furan rings is 1. The van der Waals surface area contributed by atoms with E-state index in [4.69, 9.17) is 9.15 Å². The van der Waals surface area contributed by atoms with Gasteiger partial charge in [0.25, 0.3) is 5.91 Å². The van der Waals surface area contributed by atoms with Crippen LogP contribution in [-0.4, -0.2) is 24.7 Å². The highest BCUT2D eigenvalue weighted by atomic mass is 16.5. The monoisotopic (exact) mass is 301 g/mol. The molecule has 1 aromatic carbocycles. The quantitative estimate of drug-likeness (QED) is 0.936. The fraction of sp³-hybridized carbons (Fsp3) is 0.500. The molecular weight excluding hydrogens is 278 g/mol. The molecule has 118 valence electrons. The van der Waals surface area contributed by atoms with Crippen LogP contribution in [0.5, 0.6) is 0 Å². The third kappa shape index (κ3) is 2.41. The Morgan fingerprint density at radius 2 is 1.95 bits per heavy atom. The van der Waals surface area contributed by atoms with Crippen molar-refractivity contribution in [2.45, 2.75) is 51.7 Å². The third-order valence-corrected chi connectivity index (χ3v) is 5.10. The van der Waals surface area contributed by atoms with Crippen molar-refractivity contribution in [3.8, 4) is 0 Å². The summed E-state index contributed by atoms with van der Waals surface area (Å²) in [7, 11) is 1.72. The second-order valence-corrected chi connectivity index (χ2v) is 6.40. The predicted molar refractivity (Wildman–Crippen MR) is 86.2 cm³/mol. The zero-order valence-electron chi connectivity index (χ0n) is 13.7. The van der Waals surface area contributed by atoms with Gasteiger partial charge in [-0.05, 0) is 69.4 Å². The number of amides is 1. The number of carbonyl (C=O) groups excluding carboxylic acids is 1. The Hall–Kier alpha value is -1.81. The molecule has 1 atom stereocenters. The second-order valence-electron chi connectivity index (χ2n) is 6.40. The first-order valence-electron chi connectivity index (χ1n) is 7.82. The topological polar surface area (TPSA) is 51.5 Å². The number of rotatable bonds is 4. The summed E-state index contributed by atoms with van der Waals surface area (Å²) in [6.45, 7) is 6.10. The summed E-state index contributed by atoms with van der Waals surface area (Å²) < 4.78 is 11.3. The van der Waals surface area contributed by atoms with E-state index in [1.807, 2.05) is 26.0 Å². The zero-order valence-corrected chi connectivity index (χ0v) is 13.7. The number of methoxy groups -OCH3 is 1. The highest BCUT2D eigenvalue weighted by Gasteiger charge is 2.43. The SMILES string of the molecule is COC1(C(C)NC(=O)c2cc3cc(C)c(C)cc3o2)CCC1. The molecule has 0 radical (unpaired) electrons. The average molecular weight is 301 g/mol. The molecule has 1 aromatic heterocycles. The van der Waals surface area contributed by atoms with Gasteiger partial charge in [-0.25, -0.2) is 0 Å². The summed E-state index contributed by atoms with van der Waals surface area (Å²) in [5, 5.41) is 3.99. The lowest BCUT2D eigenvalue weighted by Gasteiger charge is -2.45. The van der Waals surface area contributed by atoms with Gasteiger partial charge in [-0.15, -0.1) is 0 Å². The Labute approximate surface area is 130 Å². The van der Waals surface area contributed by atoms with Crippen molar-refractivity contribution in [1.29, 1.82) is 0 Å². The first-order valence-corrected chi connectivity index (χ1v) is 7.82. The van der Waals surface area contributed by atoms with Crippen molar-refractivity contribution >= 4 is 16.9 Å². The number of fused-ring (bicyclic) bond motifs is 1. The van der Waals surface area contributed by atoms with E-state index < -0.39 is 0 Å². The molecule has 1 aliphatic rings. The first-order chi connectivity index (χ1) is 10.4. The van der Waals surface area contributed by atoms with Crippen molar-refractivity contribution in [3.63, 3.8) is 0 Å². The van der Waals surface area contributed by atoms with Gasteiger partial charge in [0.05, 0.1) is 11.6 Å². The number of carbonyl (C=O) groups is 1. The molecule has 0 saturated heterocycles. The number of aryl methyl sites for hydroxylation is 2. The van der Waals surface area contributed by atoms with Gasteiger partial charge in [0.15, 0.2) is 5.76 Å². The minimum absolute atomic E-state index is 0.0320. The van der Waals surface area contributed by atoms with Crippen molar-refractivity contribution in [2.75, 3.05) is 7.11 Å². The van der Waals surface area contributed by atoms with Crippen LogP contribution in [0.3, 0.4) is 0 Å². The van der Waals surface area contributed by atoms with Crippen LogP contribution in [-0.2, 0) is 4.74 Å². The molecule has 1 unspecified atom stereocenters.